The third-order valence-corrected chi connectivity index (χ3v) is 4.19. The molecular formula is C15H23N. The molecule has 0 spiro atoms. The topological polar surface area (TPSA) is 12.0 Å². The maximum atomic E-state index is 3.53. The first-order valence-electron chi connectivity index (χ1n) is 6.49. The predicted molar refractivity (Wildman–Crippen MR) is 69.5 cm³/mol. The van der Waals surface area contributed by atoms with E-state index in [1.807, 2.05) is 0 Å². The summed E-state index contributed by atoms with van der Waals surface area (Å²) in [7, 11) is 0. The van der Waals surface area contributed by atoms with Crippen LogP contribution in [0.3, 0.4) is 0 Å². The van der Waals surface area contributed by atoms with E-state index in [2.05, 4.69) is 49.5 Å². The van der Waals surface area contributed by atoms with Crippen molar-refractivity contribution in [3.8, 4) is 0 Å². The van der Waals surface area contributed by atoms with Gasteiger partial charge in [-0.2, -0.15) is 0 Å². The van der Waals surface area contributed by atoms with E-state index in [0.717, 1.165) is 5.92 Å². The summed E-state index contributed by atoms with van der Waals surface area (Å²) in [5.74, 6) is 0.821. The Labute approximate surface area is 99.3 Å². The lowest BCUT2D eigenvalue weighted by atomic mass is 9.68. The van der Waals surface area contributed by atoms with Crippen LogP contribution in [0.4, 0.5) is 0 Å². The molecule has 1 N–H and O–H groups in total. The fourth-order valence-corrected chi connectivity index (χ4v) is 3.03. The SMILES string of the molecule is CCC1CNCCC1(C)Cc1ccccc1. The Kier molecular flexibility index (Phi) is 3.65. The molecule has 1 aromatic rings. The molecule has 0 bridgehead atoms. The Hall–Kier alpha value is -0.820. The summed E-state index contributed by atoms with van der Waals surface area (Å²) >= 11 is 0. The van der Waals surface area contributed by atoms with Crippen molar-refractivity contribution in [2.24, 2.45) is 11.3 Å². The van der Waals surface area contributed by atoms with E-state index < -0.39 is 0 Å². The molecule has 2 atom stereocenters. The molecular weight excluding hydrogens is 194 g/mol. The van der Waals surface area contributed by atoms with Crippen LogP contribution in [0.1, 0.15) is 32.3 Å². The highest BCUT2D eigenvalue weighted by atomic mass is 14.9. The Morgan fingerprint density at radius 2 is 2.06 bits per heavy atom. The van der Waals surface area contributed by atoms with Gasteiger partial charge in [0.25, 0.3) is 0 Å². The molecule has 2 rings (SSSR count). The first-order valence-corrected chi connectivity index (χ1v) is 6.49. The van der Waals surface area contributed by atoms with Crippen molar-refractivity contribution in [1.29, 1.82) is 0 Å². The van der Waals surface area contributed by atoms with E-state index in [0.29, 0.717) is 5.41 Å². The zero-order chi connectivity index (χ0) is 11.4. The number of hydrogen-bond acceptors (Lipinski definition) is 1. The lowest BCUT2D eigenvalue weighted by Gasteiger charge is -2.42. The van der Waals surface area contributed by atoms with Crippen LogP contribution in [0.2, 0.25) is 0 Å². The van der Waals surface area contributed by atoms with Gasteiger partial charge in [0.05, 0.1) is 0 Å². The van der Waals surface area contributed by atoms with Gasteiger partial charge in [-0.05, 0) is 42.8 Å². The van der Waals surface area contributed by atoms with Gasteiger partial charge >= 0.3 is 0 Å². The highest BCUT2D eigenvalue weighted by Gasteiger charge is 2.35. The van der Waals surface area contributed by atoms with Crippen LogP contribution in [0.25, 0.3) is 0 Å². The lowest BCUT2D eigenvalue weighted by Crippen LogP contribution is -2.44. The van der Waals surface area contributed by atoms with Crippen LogP contribution in [0.5, 0.6) is 0 Å². The van der Waals surface area contributed by atoms with Gasteiger partial charge in [0.15, 0.2) is 0 Å². The molecule has 0 aliphatic carbocycles. The molecule has 1 saturated heterocycles. The average Bonchev–Trinajstić information content (AvgIpc) is 2.30. The molecule has 2 unspecified atom stereocenters. The molecule has 1 aliphatic rings. The first kappa shape index (κ1) is 11.7. The maximum Gasteiger partial charge on any atom is -0.00153 e. The summed E-state index contributed by atoms with van der Waals surface area (Å²) in [6.45, 7) is 7.16. The Morgan fingerprint density at radius 1 is 1.31 bits per heavy atom. The number of piperidine rings is 1. The van der Waals surface area contributed by atoms with Crippen molar-refractivity contribution < 1.29 is 0 Å². The van der Waals surface area contributed by atoms with Crippen molar-refractivity contribution in [1.82, 2.24) is 5.32 Å². The molecule has 1 aromatic carbocycles. The lowest BCUT2D eigenvalue weighted by molar-refractivity contribution is 0.126. The highest BCUT2D eigenvalue weighted by molar-refractivity contribution is 5.17. The van der Waals surface area contributed by atoms with Crippen molar-refractivity contribution in [3.63, 3.8) is 0 Å². The standard InChI is InChI=1S/C15H23N/c1-3-14-12-16-10-9-15(14,2)11-13-7-5-4-6-8-13/h4-8,14,16H,3,9-12H2,1-2H3. The number of rotatable bonds is 3. The van der Waals surface area contributed by atoms with Crippen molar-refractivity contribution in [2.75, 3.05) is 13.1 Å². The van der Waals surface area contributed by atoms with E-state index in [4.69, 9.17) is 0 Å². The zero-order valence-corrected chi connectivity index (χ0v) is 10.5. The second-order valence-corrected chi connectivity index (χ2v) is 5.38. The summed E-state index contributed by atoms with van der Waals surface area (Å²) in [4.78, 5) is 0. The molecule has 0 aromatic heterocycles. The molecule has 0 saturated carbocycles. The normalized spacial score (nSPS) is 30.2. The molecule has 0 radical (unpaired) electrons. The van der Waals surface area contributed by atoms with E-state index in [1.54, 1.807) is 0 Å². The van der Waals surface area contributed by atoms with Gasteiger partial charge in [0, 0.05) is 0 Å². The molecule has 1 aliphatic heterocycles. The van der Waals surface area contributed by atoms with E-state index in [9.17, 15) is 0 Å². The van der Waals surface area contributed by atoms with Gasteiger partial charge in [0.2, 0.25) is 0 Å². The van der Waals surface area contributed by atoms with Gasteiger partial charge in [-0.3, -0.25) is 0 Å². The first-order chi connectivity index (χ1) is 7.74. The molecule has 16 heavy (non-hydrogen) atoms. The number of nitrogens with one attached hydrogen (secondary N) is 1. The molecule has 1 heteroatoms. The van der Waals surface area contributed by atoms with Crippen molar-refractivity contribution in [3.05, 3.63) is 35.9 Å². The van der Waals surface area contributed by atoms with Crippen LogP contribution in [0, 0.1) is 11.3 Å². The minimum Gasteiger partial charge on any atom is -0.316 e. The summed E-state index contributed by atoms with van der Waals surface area (Å²) in [6, 6.07) is 10.9. The van der Waals surface area contributed by atoms with Gasteiger partial charge in [0.1, 0.15) is 0 Å². The maximum absolute atomic E-state index is 3.53. The van der Waals surface area contributed by atoms with E-state index in [-0.39, 0.29) is 0 Å². The third-order valence-electron chi connectivity index (χ3n) is 4.19. The van der Waals surface area contributed by atoms with Crippen LogP contribution in [0.15, 0.2) is 30.3 Å². The number of benzene rings is 1. The molecule has 1 fully saturated rings. The fraction of sp³-hybridized carbons (Fsp3) is 0.600. The molecule has 1 nitrogen and oxygen atoms in total. The van der Waals surface area contributed by atoms with Gasteiger partial charge in [-0.1, -0.05) is 50.6 Å². The minimum absolute atomic E-state index is 0.487. The Morgan fingerprint density at radius 3 is 2.75 bits per heavy atom. The van der Waals surface area contributed by atoms with Crippen LogP contribution < -0.4 is 5.32 Å². The van der Waals surface area contributed by atoms with Crippen molar-refractivity contribution in [2.45, 2.75) is 33.1 Å². The average molecular weight is 217 g/mol. The monoisotopic (exact) mass is 217 g/mol. The van der Waals surface area contributed by atoms with Crippen LogP contribution >= 0.6 is 0 Å². The second-order valence-electron chi connectivity index (χ2n) is 5.38. The Bertz CT molecular complexity index is 319. The zero-order valence-electron chi connectivity index (χ0n) is 10.5. The Balaban J connectivity index is 2.11. The largest absolute Gasteiger partial charge is 0.316 e. The summed E-state index contributed by atoms with van der Waals surface area (Å²) in [6.07, 6.45) is 3.82. The smallest absolute Gasteiger partial charge is 0.00153 e. The summed E-state index contributed by atoms with van der Waals surface area (Å²) in [5, 5.41) is 3.53. The van der Waals surface area contributed by atoms with Crippen LogP contribution in [-0.2, 0) is 6.42 Å². The van der Waals surface area contributed by atoms with Gasteiger partial charge < -0.3 is 5.32 Å². The van der Waals surface area contributed by atoms with Crippen molar-refractivity contribution >= 4 is 0 Å². The molecule has 0 amide bonds. The quantitative estimate of drug-likeness (QED) is 0.819. The summed E-state index contributed by atoms with van der Waals surface area (Å²) in [5.41, 5.74) is 1.98. The van der Waals surface area contributed by atoms with Gasteiger partial charge in [-0.15, -0.1) is 0 Å². The molecule has 1 heterocycles. The molecule has 88 valence electrons. The summed E-state index contributed by atoms with van der Waals surface area (Å²) < 4.78 is 0. The van der Waals surface area contributed by atoms with Gasteiger partial charge in [-0.25, -0.2) is 0 Å². The van der Waals surface area contributed by atoms with Crippen LogP contribution in [-0.4, -0.2) is 13.1 Å². The number of hydrogen-bond donors (Lipinski definition) is 1. The fourth-order valence-electron chi connectivity index (χ4n) is 3.03. The minimum atomic E-state index is 0.487. The highest BCUT2D eigenvalue weighted by Crippen LogP contribution is 2.38. The van der Waals surface area contributed by atoms with E-state index in [1.165, 1.54) is 37.9 Å². The predicted octanol–water partition coefficient (Wildman–Crippen LogP) is 3.25. The van der Waals surface area contributed by atoms with E-state index >= 15 is 0 Å². The third kappa shape index (κ3) is 2.46. The second kappa shape index (κ2) is 5.01.